The Hall–Kier alpha value is -1.18. The zero-order valence-electron chi connectivity index (χ0n) is 12.0. The van der Waals surface area contributed by atoms with Crippen LogP contribution in [0.15, 0.2) is 0 Å². The summed E-state index contributed by atoms with van der Waals surface area (Å²) in [5.74, 6) is -1.35. The van der Waals surface area contributed by atoms with E-state index in [0.29, 0.717) is 0 Å². The number of aliphatic hydroxyl groups is 2. The average Bonchev–Trinajstić information content (AvgIpc) is 2.63. The molecule has 116 valence electrons. The van der Waals surface area contributed by atoms with E-state index in [9.17, 15) is 19.8 Å². The number of hydrogen-bond acceptors (Lipinski definition) is 6. The highest BCUT2D eigenvalue weighted by molar-refractivity contribution is 5.77. The Balaban J connectivity index is 2.42. The molecule has 0 bridgehead atoms. The molecular weight excluding hydrogens is 268 g/mol. The molecule has 1 aliphatic rings. The summed E-state index contributed by atoms with van der Waals surface area (Å²) in [4.78, 5) is 22.7. The summed E-state index contributed by atoms with van der Waals surface area (Å²) in [5.41, 5.74) is -0.187. The van der Waals surface area contributed by atoms with Crippen LogP contribution in [0.3, 0.4) is 0 Å². The maximum atomic E-state index is 11.6. The number of carbonyl (C=O) groups is 2. The number of hydrogen-bond donors (Lipinski definition) is 2. The summed E-state index contributed by atoms with van der Waals surface area (Å²) < 4.78 is 9.60. The predicted octanol–water partition coefficient (Wildman–Crippen LogP) is -0.904. The Kier molecular flexibility index (Phi) is 5.50. The van der Waals surface area contributed by atoms with Gasteiger partial charge >= 0.3 is 11.9 Å². The lowest BCUT2D eigenvalue weighted by atomic mass is 9.87. The van der Waals surface area contributed by atoms with Crippen LogP contribution in [-0.4, -0.2) is 58.3 Å². The van der Waals surface area contributed by atoms with Crippen molar-refractivity contribution >= 4 is 11.9 Å². The minimum absolute atomic E-state index is 0.187. The van der Waals surface area contributed by atoms with Crippen molar-refractivity contribution in [2.75, 3.05) is 6.61 Å². The van der Waals surface area contributed by atoms with E-state index in [1.165, 1.54) is 0 Å². The van der Waals surface area contributed by atoms with E-state index >= 15 is 0 Å². The van der Waals surface area contributed by atoms with Crippen LogP contribution in [0.2, 0.25) is 0 Å². The zero-order valence-corrected chi connectivity index (χ0v) is 12.0. The first-order valence-corrected chi connectivity index (χ1v) is 6.61. The first kappa shape index (κ1) is 16.9. The summed E-state index contributed by atoms with van der Waals surface area (Å²) in [5, 5.41) is 26.6. The van der Waals surface area contributed by atoms with E-state index in [1.807, 2.05) is 20.8 Å². The number of carbonyl (C=O) groups excluding carboxylic acids is 2. The molecule has 0 aliphatic carbocycles. The molecule has 1 aliphatic heterocycles. The molecule has 4 N–H and O–H groups in total. The van der Waals surface area contributed by atoms with Crippen LogP contribution in [0.4, 0.5) is 0 Å². The van der Waals surface area contributed by atoms with E-state index in [-0.39, 0.29) is 18.4 Å². The molecule has 0 aromatic rings. The van der Waals surface area contributed by atoms with Crippen molar-refractivity contribution in [3.63, 3.8) is 0 Å². The van der Waals surface area contributed by atoms with Crippen LogP contribution in [0.1, 0.15) is 33.6 Å². The monoisotopic (exact) mass is 291 g/mol. The quantitative estimate of drug-likeness (QED) is 0.484. The molecular formula is C13H23O7+. The fraction of sp³-hybridized carbons (Fsp3) is 0.846. The second-order valence-corrected chi connectivity index (χ2v) is 5.81. The van der Waals surface area contributed by atoms with E-state index in [4.69, 9.17) is 9.84 Å². The lowest BCUT2D eigenvalue weighted by molar-refractivity contribution is -0.157. The van der Waals surface area contributed by atoms with Gasteiger partial charge in [-0.05, 0) is 5.41 Å². The summed E-state index contributed by atoms with van der Waals surface area (Å²) >= 11 is 0. The lowest BCUT2D eigenvalue weighted by Gasteiger charge is -2.22. The molecule has 0 spiro atoms. The van der Waals surface area contributed by atoms with Crippen molar-refractivity contribution in [1.82, 2.24) is 0 Å². The largest absolute Gasteiger partial charge is 0.463 e. The van der Waals surface area contributed by atoms with Crippen molar-refractivity contribution in [3.8, 4) is 0 Å². The van der Waals surface area contributed by atoms with Crippen molar-refractivity contribution in [1.29, 1.82) is 0 Å². The fourth-order valence-corrected chi connectivity index (χ4v) is 1.75. The molecule has 0 amide bonds. The van der Waals surface area contributed by atoms with E-state index in [1.54, 1.807) is 0 Å². The zero-order chi connectivity index (χ0) is 15.5. The highest BCUT2D eigenvalue weighted by atomic mass is 16.6. The Bertz CT molecular complexity index is 366. The van der Waals surface area contributed by atoms with Crippen LogP contribution in [0.25, 0.3) is 0 Å². The number of rotatable bonds is 6. The standard InChI is InChI=1S/C13H22O7/c1-4-13(2,3)5-8(15)19-6-7(14)11-9(16)10(17)12(18)20-11/h7,9-11,14,16-17H,4-6H2,1-3H3/p+1. The molecule has 0 radical (unpaired) electrons. The van der Waals surface area contributed by atoms with Gasteiger partial charge in [-0.2, -0.15) is 0 Å². The molecule has 1 rings (SSSR count). The Labute approximate surface area is 117 Å². The number of cyclic esters (lactones) is 1. The predicted molar refractivity (Wildman–Crippen MR) is 68.9 cm³/mol. The molecule has 1 fully saturated rings. The van der Waals surface area contributed by atoms with E-state index < -0.39 is 36.4 Å². The average molecular weight is 291 g/mol. The summed E-state index contributed by atoms with van der Waals surface area (Å²) in [6, 6.07) is 0. The molecule has 7 nitrogen and oxygen atoms in total. The topological polar surface area (TPSA) is 116 Å². The third kappa shape index (κ3) is 4.16. The van der Waals surface area contributed by atoms with E-state index in [2.05, 4.69) is 4.74 Å². The molecule has 20 heavy (non-hydrogen) atoms. The SMILES string of the molecule is CCC(C)(C)CC(=O)OCC(O)C1OC(=O)C([OH2+])C1O. The second-order valence-electron chi connectivity index (χ2n) is 5.81. The van der Waals surface area contributed by atoms with Crippen molar-refractivity contribution in [2.45, 2.75) is 58.0 Å². The van der Waals surface area contributed by atoms with Gasteiger partial charge in [-0.15, -0.1) is 0 Å². The molecule has 0 aromatic heterocycles. The lowest BCUT2D eigenvalue weighted by Crippen LogP contribution is -2.41. The fourth-order valence-electron chi connectivity index (χ4n) is 1.75. The van der Waals surface area contributed by atoms with Crippen molar-refractivity contribution in [3.05, 3.63) is 0 Å². The smallest absolute Gasteiger partial charge is 0.390 e. The van der Waals surface area contributed by atoms with E-state index in [0.717, 1.165) is 6.42 Å². The highest BCUT2D eigenvalue weighted by Crippen LogP contribution is 2.25. The molecule has 4 unspecified atom stereocenters. The Morgan fingerprint density at radius 2 is 2.15 bits per heavy atom. The van der Waals surface area contributed by atoms with Gasteiger partial charge in [0.05, 0.1) is 6.42 Å². The van der Waals surface area contributed by atoms with Gasteiger partial charge in [0.1, 0.15) is 12.7 Å². The van der Waals surface area contributed by atoms with Crippen LogP contribution >= 0.6 is 0 Å². The minimum Gasteiger partial charge on any atom is -0.463 e. The molecule has 0 aromatic carbocycles. The van der Waals surface area contributed by atoms with Gasteiger partial charge in [0.2, 0.25) is 0 Å². The van der Waals surface area contributed by atoms with Crippen LogP contribution < -0.4 is 0 Å². The van der Waals surface area contributed by atoms with Crippen LogP contribution in [0, 0.1) is 5.41 Å². The third-order valence-electron chi connectivity index (χ3n) is 3.56. The third-order valence-corrected chi connectivity index (χ3v) is 3.56. The van der Waals surface area contributed by atoms with Gasteiger partial charge in [-0.3, -0.25) is 4.79 Å². The van der Waals surface area contributed by atoms with Gasteiger partial charge in [0.15, 0.2) is 12.2 Å². The number of esters is 2. The minimum atomic E-state index is -1.43. The molecule has 1 saturated heterocycles. The maximum absolute atomic E-state index is 11.6. The van der Waals surface area contributed by atoms with Crippen molar-refractivity contribution < 1.29 is 34.4 Å². The Morgan fingerprint density at radius 1 is 1.55 bits per heavy atom. The molecule has 7 heteroatoms. The normalized spacial score (nSPS) is 28.1. The first-order valence-electron chi connectivity index (χ1n) is 6.61. The van der Waals surface area contributed by atoms with Gasteiger partial charge in [-0.1, -0.05) is 27.2 Å². The van der Waals surface area contributed by atoms with Crippen LogP contribution in [0.5, 0.6) is 0 Å². The van der Waals surface area contributed by atoms with Gasteiger partial charge in [0, 0.05) is 0 Å². The maximum Gasteiger partial charge on any atom is 0.390 e. The summed E-state index contributed by atoms with van der Waals surface area (Å²) in [6.45, 7) is 5.45. The van der Waals surface area contributed by atoms with Gasteiger partial charge < -0.3 is 24.8 Å². The first-order chi connectivity index (χ1) is 9.18. The second kappa shape index (κ2) is 6.51. The summed E-state index contributed by atoms with van der Waals surface area (Å²) in [7, 11) is 0. The number of aliphatic hydroxyl groups excluding tert-OH is 2. The Morgan fingerprint density at radius 3 is 2.60 bits per heavy atom. The molecule has 0 saturated carbocycles. The molecule has 1 heterocycles. The number of ether oxygens (including phenoxy) is 2. The van der Waals surface area contributed by atoms with Crippen LogP contribution in [-0.2, 0) is 19.1 Å². The summed E-state index contributed by atoms with van der Waals surface area (Å²) in [6.07, 6.45) is -4.38. The molecule has 4 atom stereocenters. The van der Waals surface area contributed by atoms with Crippen molar-refractivity contribution in [2.24, 2.45) is 5.41 Å². The highest BCUT2D eigenvalue weighted by Gasteiger charge is 2.50. The van der Waals surface area contributed by atoms with Gasteiger partial charge in [0.25, 0.3) is 6.10 Å². The van der Waals surface area contributed by atoms with Gasteiger partial charge in [-0.25, -0.2) is 4.79 Å².